The second-order valence-corrected chi connectivity index (χ2v) is 10.8. The van der Waals surface area contributed by atoms with Crippen molar-refractivity contribution in [1.82, 2.24) is 5.32 Å². The van der Waals surface area contributed by atoms with Crippen molar-refractivity contribution in [1.29, 1.82) is 0 Å². The lowest BCUT2D eigenvalue weighted by atomic mass is 10.0. The van der Waals surface area contributed by atoms with E-state index in [1.54, 1.807) is 20.8 Å². The number of rotatable bonds is 20. The van der Waals surface area contributed by atoms with Gasteiger partial charge in [-0.05, 0) is 32.8 Å². The molecule has 0 saturated heterocycles. The molecule has 1 aromatic rings. The van der Waals surface area contributed by atoms with Gasteiger partial charge in [0, 0.05) is 12.8 Å². The first-order valence-corrected chi connectivity index (χ1v) is 14.0. The standard InChI is InChI=1S/C30H51NO5/c1-5-6-7-8-9-10-11-12-13-14-18-21-26(32)22-28(33)27(31-29(34)36-30(2,3)4)24-35-23-25-19-16-15-17-20-25/h15-17,19-20,27-28,33H,5-14,18,21-24H2,1-4H3,(H,31,34)/t27-,28-/m0/s1. The van der Waals surface area contributed by atoms with Gasteiger partial charge in [0.2, 0.25) is 0 Å². The topological polar surface area (TPSA) is 84.9 Å². The summed E-state index contributed by atoms with van der Waals surface area (Å²) in [5.74, 6) is 0.0115. The molecule has 0 saturated carbocycles. The normalized spacial score (nSPS) is 13.2. The van der Waals surface area contributed by atoms with Crippen LogP contribution in [0.25, 0.3) is 0 Å². The molecule has 0 aliphatic rings. The zero-order chi connectivity index (χ0) is 26.7. The average Bonchev–Trinajstić information content (AvgIpc) is 2.81. The van der Waals surface area contributed by atoms with Gasteiger partial charge in [-0.15, -0.1) is 0 Å². The number of hydrogen-bond acceptors (Lipinski definition) is 5. The van der Waals surface area contributed by atoms with E-state index in [1.807, 2.05) is 30.3 Å². The number of aliphatic hydroxyl groups is 1. The first-order chi connectivity index (χ1) is 17.2. The molecule has 0 unspecified atom stereocenters. The summed E-state index contributed by atoms with van der Waals surface area (Å²) in [5.41, 5.74) is 0.339. The Hall–Kier alpha value is -1.92. The van der Waals surface area contributed by atoms with Crippen LogP contribution in [0.3, 0.4) is 0 Å². The van der Waals surface area contributed by atoms with Crippen molar-refractivity contribution in [3.8, 4) is 0 Å². The molecule has 2 N–H and O–H groups in total. The zero-order valence-electron chi connectivity index (χ0n) is 23.2. The second kappa shape index (κ2) is 19.2. The number of carbonyl (C=O) groups is 2. The minimum Gasteiger partial charge on any atom is -0.444 e. The van der Waals surface area contributed by atoms with Crippen LogP contribution in [0.1, 0.15) is 117 Å². The van der Waals surface area contributed by atoms with Gasteiger partial charge in [0.05, 0.1) is 25.4 Å². The van der Waals surface area contributed by atoms with Crippen molar-refractivity contribution >= 4 is 11.9 Å². The number of Topliss-reactive ketones (excluding diaryl/α,β-unsaturated/α-hetero) is 1. The molecule has 0 spiro atoms. The van der Waals surface area contributed by atoms with Gasteiger partial charge >= 0.3 is 6.09 Å². The highest BCUT2D eigenvalue weighted by atomic mass is 16.6. The summed E-state index contributed by atoms with van der Waals surface area (Å²) >= 11 is 0. The number of carbonyl (C=O) groups excluding carboxylic acids is 2. The van der Waals surface area contributed by atoms with Gasteiger partial charge in [-0.1, -0.05) is 101 Å². The molecule has 0 aromatic heterocycles. The van der Waals surface area contributed by atoms with E-state index in [2.05, 4.69) is 12.2 Å². The third-order valence-electron chi connectivity index (χ3n) is 6.07. The lowest BCUT2D eigenvalue weighted by Gasteiger charge is -2.26. The molecule has 0 aliphatic carbocycles. The van der Waals surface area contributed by atoms with E-state index in [1.165, 1.54) is 51.4 Å². The maximum absolute atomic E-state index is 12.5. The van der Waals surface area contributed by atoms with Crippen LogP contribution in [0.15, 0.2) is 30.3 Å². The zero-order valence-corrected chi connectivity index (χ0v) is 23.2. The summed E-state index contributed by atoms with van der Waals surface area (Å²) < 4.78 is 11.1. The fourth-order valence-electron chi connectivity index (χ4n) is 4.05. The van der Waals surface area contributed by atoms with Crippen LogP contribution in [0.5, 0.6) is 0 Å². The summed E-state index contributed by atoms with van der Waals surface area (Å²) in [7, 11) is 0. The Bertz CT molecular complexity index is 701. The first kappa shape index (κ1) is 32.1. The van der Waals surface area contributed by atoms with Gasteiger partial charge in [0.25, 0.3) is 0 Å². The summed E-state index contributed by atoms with van der Waals surface area (Å²) in [6.07, 6.45) is 12.3. The third-order valence-corrected chi connectivity index (χ3v) is 6.07. The van der Waals surface area contributed by atoms with Gasteiger partial charge < -0.3 is 19.9 Å². The van der Waals surface area contributed by atoms with Crippen molar-refractivity contribution < 1.29 is 24.2 Å². The fraction of sp³-hybridized carbons (Fsp3) is 0.733. The maximum Gasteiger partial charge on any atom is 0.408 e. The Morgan fingerprint density at radius 1 is 0.889 bits per heavy atom. The Labute approximate surface area is 219 Å². The Balaban J connectivity index is 2.35. The molecule has 0 aliphatic heterocycles. The summed E-state index contributed by atoms with van der Waals surface area (Å²) in [6, 6.07) is 8.95. The summed E-state index contributed by atoms with van der Waals surface area (Å²) in [6.45, 7) is 8.02. The molecule has 2 atom stereocenters. The predicted octanol–water partition coefficient (Wildman–Crippen LogP) is 7.12. The number of amides is 1. The third kappa shape index (κ3) is 17.5. The monoisotopic (exact) mass is 505 g/mol. The highest BCUT2D eigenvalue weighted by Crippen LogP contribution is 2.14. The van der Waals surface area contributed by atoms with E-state index in [0.29, 0.717) is 13.0 Å². The van der Waals surface area contributed by atoms with Crippen LogP contribution in [-0.2, 0) is 20.9 Å². The molecule has 206 valence electrons. The second-order valence-electron chi connectivity index (χ2n) is 10.8. The van der Waals surface area contributed by atoms with Crippen molar-refractivity contribution in [3.05, 3.63) is 35.9 Å². The minimum atomic E-state index is -1.03. The van der Waals surface area contributed by atoms with Gasteiger partial charge in [-0.3, -0.25) is 4.79 Å². The largest absolute Gasteiger partial charge is 0.444 e. The van der Waals surface area contributed by atoms with Crippen LogP contribution < -0.4 is 5.32 Å². The van der Waals surface area contributed by atoms with Crippen molar-refractivity contribution in [2.75, 3.05) is 6.61 Å². The van der Waals surface area contributed by atoms with Gasteiger partial charge in [0.1, 0.15) is 11.4 Å². The van der Waals surface area contributed by atoms with E-state index in [9.17, 15) is 14.7 Å². The average molecular weight is 506 g/mol. The number of ketones is 1. The van der Waals surface area contributed by atoms with Gasteiger partial charge in [0.15, 0.2) is 0 Å². The number of unbranched alkanes of at least 4 members (excludes halogenated alkanes) is 10. The minimum absolute atomic E-state index is 0.00702. The van der Waals surface area contributed by atoms with Gasteiger partial charge in [-0.25, -0.2) is 4.79 Å². The van der Waals surface area contributed by atoms with E-state index in [0.717, 1.165) is 24.8 Å². The molecule has 1 aromatic carbocycles. The van der Waals surface area contributed by atoms with Crippen LogP contribution >= 0.6 is 0 Å². The van der Waals surface area contributed by atoms with Crippen LogP contribution in [0.2, 0.25) is 0 Å². The molecule has 0 radical (unpaired) electrons. The molecule has 36 heavy (non-hydrogen) atoms. The molecule has 1 amide bonds. The number of ether oxygens (including phenoxy) is 2. The highest BCUT2D eigenvalue weighted by molar-refractivity contribution is 5.79. The molecule has 0 fully saturated rings. The summed E-state index contributed by atoms with van der Waals surface area (Å²) in [5, 5.41) is 13.4. The number of hydrogen-bond donors (Lipinski definition) is 2. The van der Waals surface area contributed by atoms with E-state index in [4.69, 9.17) is 9.47 Å². The van der Waals surface area contributed by atoms with Crippen LogP contribution in [0.4, 0.5) is 4.79 Å². The molecule has 0 bridgehead atoms. The Morgan fingerprint density at radius 2 is 1.44 bits per heavy atom. The van der Waals surface area contributed by atoms with Crippen LogP contribution in [0, 0.1) is 0 Å². The van der Waals surface area contributed by atoms with Crippen LogP contribution in [-0.4, -0.2) is 41.3 Å². The smallest absolute Gasteiger partial charge is 0.408 e. The Morgan fingerprint density at radius 3 is 2.00 bits per heavy atom. The van der Waals surface area contributed by atoms with E-state index < -0.39 is 23.8 Å². The lowest BCUT2D eigenvalue weighted by molar-refractivity contribution is -0.121. The molecular formula is C30H51NO5. The molecule has 0 heterocycles. The fourth-order valence-corrected chi connectivity index (χ4v) is 4.05. The quantitative estimate of drug-likeness (QED) is 0.184. The van der Waals surface area contributed by atoms with Crippen molar-refractivity contribution in [2.45, 2.75) is 136 Å². The highest BCUT2D eigenvalue weighted by Gasteiger charge is 2.26. The molecule has 1 rings (SSSR count). The van der Waals surface area contributed by atoms with Gasteiger partial charge in [-0.2, -0.15) is 0 Å². The predicted molar refractivity (Wildman–Crippen MR) is 146 cm³/mol. The first-order valence-electron chi connectivity index (χ1n) is 14.0. The number of nitrogens with one attached hydrogen (secondary N) is 1. The van der Waals surface area contributed by atoms with Crippen molar-refractivity contribution in [3.63, 3.8) is 0 Å². The number of alkyl carbamates (subject to hydrolysis) is 1. The maximum atomic E-state index is 12.5. The molecule has 6 nitrogen and oxygen atoms in total. The lowest BCUT2D eigenvalue weighted by Crippen LogP contribution is -2.48. The SMILES string of the molecule is CCCCCCCCCCCCCC(=O)C[C@H](O)[C@H](COCc1ccccc1)NC(=O)OC(C)(C)C. The molecular weight excluding hydrogens is 454 g/mol. The van der Waals surface area contributed by atoms with Crippen molar-refractivity contribution in [2.24, 2.45) is 0 Å². The Kier molecular flexibility index (Phi) is 17.1. The summed E-state index contributed by atoms with van der Waals surface area (Å²) in [4.78, 5) is 24.8. The van der Waals surface area contributed by atoms with E-state index in [-0.39, 0.29) is 18.8 Å². The number of aliphatic hydroxyl groups excluding tert-OH is 1. The molecule has 6 heteroatoms. The number of benzene rings is 1. The van der Waals surface area contributed by atoms with E-state index >= 15 is 0 Å².